The van der Waals surface area contributed by atoms with Crippen LogP contribution in [0.2, 0.25) is 0 Å². The van der Waals surface area contributed by atoms with Crippen LogP contribution in [-0.2, 0) is 6.54 Å². The first-order valence-corrected chi connectivity index (χ1v) is 5.79. The average Bonchev–Trinajstić information content (AvgIpc) is 2.30. The van der Waals surface area contributed by atoms with Crippen molar-refractivity contribution in [1.29, 1.82) is 10.5 Å². The molecule has 0 saturated carbocycles. The van der Waals surface area contributed by atoms with Crippen molar-refractivity contribution < 1.29 is 4.74 Å². The monoisotopic (exact) mass is 293 g/mol. The Kier molecular flexibility index (Phi) is 5.48. The lowest BCUT2D eigenvalue weighted by Crippen LogP contribution is -2.23. The number of methoxy groups -OCH3 is 1. The molecule has 0 aromatic heterocycles. The van der Waals surface area contributed by atoms with E-state index in [1.165, 1.54) is 0 Å². The molecule has 0 aliphatic carbocycles. The topological polar surface area (TPSA) is 60.0 Å². The second kappa shape index (κ2) is 6.90. The minimum absolute atomic E-state index is 0.247. The predicted octanol–water partition coefficient (Wildman–Crippen LogP) is 2.31. The molecule has 0 aliphatic rings. The van der Waals surface area contributed by atoms with Crippen molar-refractivity contribution in [2.75, 3.05) is 20.2 Å². The van der Waals surface area contributed by atoms with Crippen LogP contribution in [0.4, 0.5) is 0 Å². The van der Waals surface area contributed by atoms with E-state index in [0.717, 1.165) is 15.8 Å². The van der Waals surface area contributed by atoms with Gasteiger partial charge in [0.1, 0.15) is 5.75 Å². The molecule has 1 rings (SSSR count). The Morgan fingerprint density at radius 1 is 1.29 bits per heavy atom. The maximum atomic E-state index is 8.65. The third-order valence-electron chi connectivity index (χ3n) is 2.21. The SMILES string of the molecule is COc1ccc(CN(CC#N)CC#N)cc1Br. The van der Waals surface area contributed by atoms with Gasteiger partial charge in [0.25, 0.3) is 0 Å². The largest absolute Gasteiger partial charge is 0.496 e. The molecule has 88 valence electrons. The number of nitriles is 2. The molecule has 17 heavy (non-hydrogen) atoms. The van der Waals surface area contributed by atoms with E-state index in [2.05, 4.69) is 15.9 Å². The van der Waals surface area contributed by atoms with Gasteiger partial charge in [-0.1, -0.05) is 6.07 Å². The Labute approximate surface area is 109 Å². The van der Waals surface area contributed by atoms with E-state index in [0.29, 0.717) is 6.54 Å². The fourth-order valence-corrected chi connectivity index (χ4v) is 2.02. The Bertz CT molecular complexity index is 446. The Balaban J connectivity index is 2.77. The van der Waals surface area contributed by atoms with E-state index in [1.807, 2.05) is 30.3 Å². The number of benzene rings is 1. The molecule has 0 bridgehead atoms. The summed E-state index contributed by atoms with van der Waals surface area (Å²) in [7, 11) is 1.61. The van der Waals surface area contributed by atoms with Gasteiger partial charge in [-0.2, -0.15) is 10.5 Å². The number of nitrogens with zero attached hydrogens (tertiary/aromatic N) is 3. The van der Waals surface area contributed by atoms with Crippen molar-refractivity contribution in [3.63, 3.8) is 0 Å². The van der Waals surface area contributed by atoms with Crippen LogP contribution in [0.3, 0.4) is 0 Å². The summed E-state index contributed by atoms with van der Waals surface area (Å²) >= 11 is 3.40. The molecule has 1 aromatic carbocycles. The third-order valence-corrected chi connectivity index (χ3v) is 2.83. The molecule has 0 heterocycles. The van der Waals surface area contributed by atoms with Crippen LogP contribution in [0.15, 0.2) is 22.7 Å². The van der Waals surface area contributed by atoms with Crippen LogP contribution in [0.25, 0.3) is 0 Å². The molecule has 0 saturated heterocycles. The lowest BCUT2D eigenvalue weighted by atomic mass is 10.2. The van der Waals surface area contributed by atoms with Crippen molar-refractivity contribution in [1.82, 2.24) is 4.90 Å². The molecule has 5 heteroatoms. The van der Waals surface area contributed by atoms with Gasteiger partial charge in [-0.15, -0.1) is 0 Å². The summed E-state index contributed by atoms with van der Waals surface area (Å²) in [5.74, 6) is 0.765. The van der Waals surface area contributed by atoms with Crippen LogP contribution < -0.4 is 4.74 Å². The van der Waals surface area contributed by atoms with Crippen LogP contribution >= 0.6 is 15.9 Å². The van der Waals surface area contributed by atoms with Gasteiger partial charge in [0.2, 0.25) is 0 Å². The minimum atomic E-state index is 0.247. The summed E-state index contributed by atoms with van der Waals surface area (Å²) in [6.07, 6.45) is 0. The summed E-state index contributed by atoms with van der Waals surface area (Å²) in [5.41, 5.74) is 1.03. The molecule has 0 aliphatic heterocycles. The van der Waals surface area contributed by atoms with Gasteiger partial charge < -0.3 is 4.74 Å². The second-order valence-corrected chi connectivity index (χ2v) is 4.28. The van der Waals surface area contributed by atoms with Crippen molar-refractivity contribution in [3.05, 3.63) is 28.2 Å². The van der Waals surface area contributed by atoms with E-state index in [-0.39, 0.29) is 13.1 Å². The van der Waals surface area contributed by atoms with Crippen molar-refractivity contribution in [2.45, 2.75) is 6.54 Å². The molecule has 0 spiro atoms. The number of ether oxygens (including phenoxy) is 1. The molecule has 1 aromatic rings. The van der Waals surface area contributed by atoms with Gasteiger partial charge in [0.15, 0.2) is 0 Å². The summed E-state index contributed by atoms with van der Waals surface area (Å²) < 4.78 is 6.00. The Morgan fingerprint density at radius 3 is 2.41 bits per heavy atom. The highest BCUT2D eigenvalue weighted by molar-refractivity contribution is 9.10. The number of hydrogen-bond donors (Lipinski definition) is 0. The summed E-state index contributed by atoms with van der Waals surface area (Å²) in [6.45, 7) is 1.07. The number of hydrogen-bond acceptors (Lipinski definition) is 4. The third kappa shape index (κ3) is 4.07. The van der Waals surface area contributed by atoms with Gasteiger partial charge in [-0.3, -0.25) is 4.90 Å². The van der Waals surface area contributed by atoms with Crippen LogP contribution in [0, 0.1) is 22.7 Å². The van der Waals surface area contributed by atoms with Crippen LogP contribution in [-0.4, -0.2) is 25.1 Å². The number of rotatable bonds is 5. The fourth-order valence-electron chi connectivity index (χ4n) is 1.43. The van der Waals surface area contributed by atoms with Crippen molar-refractivity contribution in [3.8, 4) is 17.9 Å². The molecule has 4 nitrogen and oxygen atoms in total. The first kappa shape index (κ1) is 13.5. The zero-order chi connectivity index (χ0) is 12.7. The molecule has 0 unspecified atom stereocenters. The predicted molar refractivity (Wildman–Crippen MR) is 67.2 cm³/mol. The molecule has 0 fully saturated rings. The highest BCUT2D eigenvalue weighted by atomic mass is 79.9. The maximum absolute atomic E-state index is 8.65. The minimum Gasteiger partial charge on any atom is -0.496 e. The zero-order valence-electron chi connectivity index (χ0n) is 9.48. The maximum Gasteiger partial charge on any atom is 0.133 e. The quantitative estimate of drug-likeness (QED) is 0.782. The zero-order valence-corrected chi connectivity index (χ0v) is 11.1. The lowest BCUT2D eigenvalue weighted by Gasteiger charge is -2.15. The Hall–Kier alpha value is -1.56. The Morgan fingerprint density at radius 2 is 1.94 bits per heavy atom. The van der Waals surface area contributed by atoms with Gasteiger partial charge in [-0.25, -0.2) is 0 Å². The van der Waals surface area contributed by atoms with Crippen LogP contribution in [0.1, 0.15) is 5.56 Å². The van der Waals surface area contributed by atoms with Crippen LogP contribution in [0.5, 0.6) is 5.75 Å². The summed E-state index contributed by atoms with van der Waals surface area (Å²) in [5, 5.41) is 17.3. The van der Waals surface area contributed by atoms with Gasteiger partial charge in [-0.05, 0) is 33.6 Å². The summed E-state index contributed by atoms with van der Waals surface area (Å²) in [6, 6.07) is 9.81. The highest BCUT2D eigenvalue weighted by Crippen LogP contribution is 2.25. The van der Waals surface area contributed by atoms with E-state index in [9.17, 15) is 0 Å². The normalized spacial score (nSPS) is 9.71. The highest BCUT2D eigenvalue weighted by Gasteiger charge is 2.07. The first-order valence-electron chi connectivity index (χ1n) is 5.00. The molecule has 0 radical (unpaired) electrons. The second-order valence-electron chi connectivity index (χ2n) is 3.43. The smallest absolute Gasteiger partial charge is 0.133 e. The average molecular weight is 294 g/mol. The van der Waals surface area contributed by atoms with E-state index >= 15 is 0 Å². The van der Waals surface area contributed by atoms with E-state index < -0.39 is 0 Å². The van der Waals surface area contributed by atoms with E-state index in [1.54, 1.807) is 12.0 Å². The first-order chi connectivity index (χ1) is 8.21. The van der Waals surface area contributed by atoms with Gasteiger partial charge in [0, 0.05) is 6.54 Å². The molecule has 0 atom stereocenters. The van der Waals surface area contributed by atoms with E-state index in [4.69, 9.17) is 15.3 Å². The van der Waals surface area contributed by atoms with Crippen molar-refractivity contribution in [2.24, 2.45) is 0 Å². The molecular formula is C12H12BrN3O. The molecule has 0 N–H and O–H groups in total. The fraction of sp³-hybridized carbons (Fsp3) is 0.333. The molecular weight excluding hydrogens is 282 g/mol. The van der Waals surface area contributed by atoms with Gasteiger partial charge in [0.05, 0.1) is 36.8 Å². The standard InChI is InChI=1S/C12H12BrN3O/c1-17-12-3-2-10(8-11(12)13)9-16(6-4-14)7-5-15/h2-3,8H,6-7,9H2,1H3. The van der Waals surface area contributed by atoms with Gasteiger partial charge >= 0.3 is 0 Å². The number of halogens is 1. The molecule has 0 amide bonds. The lowest BCUT2D eigenvalue weighted by molar-refractivity contribution is 0.334. The van der Waals surface area contributed by atoms with Crippen molar-refractivity contribution >= 4 is 15.9 Å². The summed E-state index contributed by atoms with van der Waals surface area (Å²) in [4.78, 5) is 1.77.